The summed E-state index contributed by atoms with van der Waals surface area (Å²) in [7, 11) is 2.74. The van der Waals surface area contributed by atoms with Gasteiger partial charge in [0.05, 0.1) is 19.8 Å². The second-order valence-electron chi connectivity index (χ2n) is 4.59. The number of carboxylic acids is 1. The van der Waals surface area contributed by atoms with Gasteiger partial charge in [0.15, 0.2) is 6.04 Å². The van der Waals surface area contributed by atoms with Crippen LogP contribution >= 0.6 is 0 Å². The summed E-state index contributed by atoms with van der Waals surface area (Å²) in [4.78, 5) is 27.3. The normalized spacial score (nSPS) is 11.4. The average molecular weight is 316 g/mol. The summed E-state index contributed by atoms with van der Waals surface area (Å²) < 4.78 is 9.65. The van der Waals surface area contributed by atoms with E-state index in [9.17, 15) is 14.7 Å². The van der Waals surface area contributed by atoms with Gasteiger partial charge in [-0.1, -0.05) is 12.1 Å². The number of aliphatic carboxylic acids is 1. The van der Waals surface area contributed by atoms with Crippen molar-refractivity contribution in [3.8, 4) is 5.88 Å². The molecule has 2 N–H and O–H groups in total. The molecule has 1 unspecified atom stereocenters. The molecule has 0 saturated carbocycles. The number of carbonyl (C=O) groups excluding carboxylic acids is 1. The number of anilines is 1. The molecule has 0 bridgehead atoms. The molecule has 7 nitrogen and oxygen atoms in total. The lowest BCUT2D eigenvalue weighted by Crippen LogP contribution is -2.22. The highest BCUT2D eigenvalue weighted by molar-refractivity contribution is 5.96. The first-order chi connectivity index (χ1) is 11.1. The third-order valence-corrected chi connectivity index (χ3v) is 3.18. The van der Waals surface area contributed by atoms with E-state index in [4.69, 9.17) is 9.47 Å². The summed E-state index contributed by atoms with van der Waals surface area (Å²) in [6.45, 7) is 0. The molecule has 120 valence electrons. The Morgan fingerprint density at radius 3 is 2.48 bits per heavy atom. The Hall–Kier alpha value is -3.09. The number of nitrogens with zero attached hydrogens (tertiary/aromatic N) is 1. The van der Waals surface area contributed by atoms with E-state index >= 15 is 0 Å². The zero-order valence-corrected chi connectivity index (χ0v) is 12.6. The number of hydrogen-bond acceptors (Lipinski definition) is 6. The molecule has 1 aromatic carbocycles. The summed E-state index contributed by atoms with van der Waals surface area (Å²) in [6.07, 6.45) is 1.41. The Bertz CT molecular complexity index is 700. The molecule has 0 fully saturated rings. The lowest BCUT2D eigenvalue weighted by molar-refractivity contribution is -0.138. The van der Waals surface area contributed by atoms with Gasteiger partial charge in [-0.25, -0.2) is 14.6 Å². The molecule has 0 aliphatic carbocycles. The highest BCUT2D eigenvalue weighted by atomic mass is 16.5. The van der Waals surface area contributed by atoms with Crippen molar-refractivity contribution in [1.29, 1.82) is 0 Å². The number of carboxylic acid groups (broad SMARTS) is 1. The maximum Gasteiger partial charge on any atom is 0.339 e. The number of carbonyl (C=O) groups is 2. The number of benzene rings is 1. The Kier molecular flexibility index (Phi) is 5.14. The highest BCUT2D eigenvalue weighted by Crippen LogP contribution is 2.24. The Balaban J connectivity index is 2.33. The van der Waals surface area contributed by atoms with Gasteiger partial charge in [0.25, 0.3) is 0 Å². The summed E-state index contributed by atoms with van der Waals surface area (Å²) >= 11 is 0. The van der Waals surface area contributed by atoms with E-state index < -0.39 is 18.0 Å². The third kappa shape index (κ3) is 3.76. The first kappa shape index (κ1) is 16.3. The molecule has 7 heteroatoms. The van der Waals surface area contributed by atoms with E-state index in [1.54, 1.807) is 36.4 Å². The van der Waals surface area contributed by atoms with E-state index in [-0.39, 0.29) is 5.56 Å². The van der Waals surface area contributed by atoms with Gasteiger partial charge in [-0.2, -0.15) is 0 Å². The average Bonchev–Trinajstić information content (AvgIpc) is 2.59. The molecular weight excluding hydrogens is 300 g/mol. The van der Waals surface area contributed by atoms with Gasteiger partial charge in [0, 0.05) is 23.5 Å². The molecule has 2 aromatic rings. The fourth-order valence-corrected chi connectivity index (χ4v) is 2.02. The number of aromatic nitrogens is 1. The van der Waals surface area contributed by atoms with Crippen molar-refractivity contribution in [2.45, 2.75) is 6.04 Å². The van der Waals surface area contributed by atoms with Crippen molar-refractivity contribution in [2.24, 2.45) is 0 Å². The topological polar surface area (TPSA) is 97.8 Å². The minimum atomic E-state index is -1.10. The number of methoxy groups -OCH3 is 2. The predicted octanol–water partition coefficient (Wildman–Crippen LogP) is 2.11. The number of para-hydroxylation sites is 1. The first-order valence-corrected chi connectivity index (χ1v) is 6.73. The maximum absolute atomic E-state index is 11.8. The standard InChI is InChI=1S/C16H16N2O5/c1-22-13-8-7-10(9-17-13)14(15(19)20)18-12-6-4-3-5-11(12)16(21)23-2/h3-9,14,18H,1-2H3,(H,19,20). The minimum Gasteiger partial charge on any atom is -0.481 e. The molecule has 2 rings (SSSR count). The van der Waals surface area contributed by atoms with Crippen LogP contribution in [0.4, 0.5) is 5.69 Å². The monoisotopic (exact) mass is 316 g/mol. The van der Waals surface area contributed by atoms with Crippen LogP contribution in [0, 0.1) is 0 Å². The fourth-order valence-electron chi connectivity index (χ4n) is 2.02. The number of hydrogen-bond donors (Lipinski definition) is 2. The molecule has 0 radical (unpaired) electrons. The SMILES string of the molecule is COC(=O)c1ccccc1NC(C(=O)O)c1ccc(OC)nc1. The van der Waals surface area contributed by atoms with Crippen LogP contribution in [0.1, 0.15) is 22.0 Å². The summed E-state index contributed by atoms with van der Waals surface area (Å²) in [5, 5.41) is 12.3. The molecule has 1 aromatic heterocycles. The lowest BCUT2D eigenvalue weighted by atomic mass is 10.1. The molecule has 1 heterocycles. The Morgan fingerprint density at radius 1 is 1.17 bits per heavy atom. The molecule has 0 aliphatic heterocycles. The molecule has 23 heavy (non-hydrogen) atoms. The van der Waals surface area contributed by atoms with Gasteiger partial charge in [0.1, 0.15) is 0 Å². The Labute approximate surface area is 132 Å². The number of rotatable bonds is 6. The summed E-state index contributed by atoms with van der Waals surface area (Å²) in [5.74, 6) is -1.27. The second-order valence-corrected chi connectivity index (χ2v) is 4.59. The van der Waals surface area contributed by atoms with Crippen LogP contribution in [0.25, 0.3) is 0 Å². The van der Waals surface area contributed by atoms with E-state index in [1.165, 1.54) is 20.4 Å². The molecule has 1 atom stereocenters. The summed E-state index contributed by atoms with van der Waals surface area (Å²) in [5.41, 5.74) is 1.04. The Morgan fingerprint density at radius 2 is 1.91 bits per heavy atom. The maximum atomic E-state index is 11.8. The largest absolute Gasteiger partial charge is 0.481 e. The molecule has 0 amide bonds. The van der Waals surface area contributed by atoms with E-state index in [0.29, 0.717) is 17.1 Å². The quantitative estimate of drug-likeness (QED) is 0.788. The smallest absolute Gasteiger partial charge is 0.339 e. The van der Waals surface area contributed by atoms with Gasteiger partial charge in [-0.3, -0.25) is 0 Å². The van der Waals surface area contributed by atoms with Crippen molar-refractivity contribution in [3.05, 3.63) is 53.7 Å². The van der Waals surface area contributed by atoms with E-state index in [0.717, 1.165) is 0 Å². The van der Waals surface area contributed by atoms with E-state index in [2.05, 4.69) is 10.3 Å². The minimum absolute atomic E-state index is 0.253. The zero-order valence-electron chi connectivity index (χ0n) is 12.6. The van der Waals surface area contributed by atoms with Gasteiger partial charge < -0.3 is 19.9 Å². The van der Waals surface area contributed by atoms with Crippen LogP contribution in [0.5, 0.6) is 5.88 Å². The van der Waals surface area contributed by atoms with Crippen LogP contribution in [-0.4, -0.2) is 36.2 Å². The van der Waals surface area contributed by atoms with Crippen LogP contribution < -0.4 is 10.1 Å². The van der Waals surface area contributed by atoms with Crippen LogP contribution in [0.15, 0.2) is 42.6 Å². The second kappa shape index (κ2) is 7.26. The van der Waals surface area contributed by atoms with Crippen molar-refractivity contribution in [2.75, 3.05) is 19.5 Å². The third-order valence-electron chi connectivity index (χ3n) is 3.18. The van der Waals surface area contributed by atoms with Gasteiger partial charge >= 0.3 is 11.9 Å². The molecule has 0 aliphatic rings. The molecule has 0 saturated heterocycles. The summed E-state index contributed by atoms with van der Waals surface area (Å²) in [6, 6.07) is 8.62. The van der Waals surface area contributed by atoms with Crippen LogP contribution in [0.3, 0.4) is 0 Å². The highest BCUT2D eigenvalue weighted by Gasteiger charge is 2.22. The van der Waals surface area contributed by atoms with Crippen molar-refractivity contribution in [3.63, 3.8) is 0 Å². The van der Waals surface area contributed by atoms with Crippen LogP contribution in [0.2, 0.25) is 0 Å². The first-order valence-electron chi connectivity index (χ1n) is 6.73. The van der Waals surface area contributed by atoms with Crippen LogP contribution in [-0.2, 0) is 9.53 Å². The van der Waals surface area contributed by atoms with Gasteiger partial charge in [-0.05, 0) is 18.2 Å². The van der Waals surface area contributed by atoms with Crippen molar-refractivity contribution in [1.82, 2.24) is 4.98 Å². The number of pyridine rings is 1. The van der Waals surface area contributed by atoms with Crippen molar-refractivity contribution >= 4 is 17.6 Å². The number of esters is 1. The fraction of sp³-hybridized carbons (Fsp3) is 0.188. The molecule has 0 spiro atoms. The van der Waals surface area contributed by atoms with Crippen molar-refractivity contribution < 1.29 is 24.2 Å². The predicted molar refractivity (Wildman–Crippen MR) is 82.6 cm³/mol. The number of nitrogens with one attached hydrogen (secondary N) is 1. The zero-order chi connectivity index (χ0) is 16.8. The van der Waals surface area contributed by atoms with Gasteiger partial charge in [-0.15, -0.1) is 0 Å². The van der Waals surface area contributed by atoms with Gasteiger partial charge in [0.2, 0.25) is 5.88 Å². The number of ether oxygens (including phenoxy) is 2. The lowest BCUT2D eigenvalue weighted by Gasteiger charge is -2.18. The molecular formula is C16H16N2O5. The van der Waals surface area contributed by atoms with E-state index in [1.807, 2.05) is 0 Å².